The highest BCUT2D eigenvalue weighted by atomic mass is 32.1. The molecule has 0 saturated heterocycles. The van der Waals surface area contributed by atoms with Gasteiger partial charge in [-0.3, -0.25) is 4.98 Å². The Kier molecular flexibility index (Phi) is 3.45. The Bertz CT molecular complexity index is 408. The van der Waals surface area contributed by atoms with E-state index >= 15 is 0 Å². The summed E-state index contributed by atoms with van der Waals surface area (Å²) in [5.74, 6) is 0. The molecule has 0 fully saturated rings. The van der Waals surface area contributed by atoms with E-state index in [1.165, 1.54) is 4.88 Å². The van der Waals surface area contributed by atoms with Crippen LogP contribution in [0.15, 0.2) is 17.1 Å². The molecule has 0 aliphatic carbocycles. The highest BCUT2D eigenvalue weighted by molar-refractivity contribution is 7.09. The number of aryl methyl sites for hydroxylation is 1. The van der Waals surface area contributed by atoms with Crippen molar-refractivity contribution in [3.05, 3.63) is 32.7 Å². The third-order valence-electron chi connectivity index (χ3n) is 2.23. The summed E-state index contributed by atoms with van der Waals surface area (Å²) in [6.07, 6.45) is 2.89. The van der Waals surface area contributed by atoms with E-state index < -0.39 is 0 Å². The largest absolute Gasteiger partial charge is 0.311 e. The number of rotatable bonds is 4. The maximum Gasteiger partial charge on any atom is 0.0898 e. The van der Waals surface area contributed by atoms with Gasteiger partial charge in [0.2, 0.25) is 0 Å². The molecule has 1 N–H and O–H groups in total. The average Bonchev–Trinajstić information content (AvgIpc) is 2.85. The van der Waals surface area contributed by atoms with Crippen LogP contribution in [-0.4, -0.2) is 17.0 Å². The van der Waals surface area contributed by atoms with Crippen LogP contribution in [-0.2, 0) is 6.42 Å². The predicted molar refractivity (Wildman–Crippen MR) is 64.5 cm³/mol. The van der Waals surface area contributed by atoms with Crippen LogP contribution in [0.25, 0.3) is 0 Å². The highest BCUT2D eigenvalue weighted by Crippen LogP contribution is 2.21. The van der Waals surface area contributed by atoms with Crippen LogP contribution < -0.4 is 5.32 Å². The van der Waals surface area contributed by atoms with Crippen LogP contribution in [0.4, 0.5) is 0 Å². The molecule has 80 valence electrons. The minimum absolute atomic E-state index is 0.301. The van der Waals surface area contributed by atoms with Crippen molar-refractivity contribution in [3.8, 4) is 0 Å². The lowest BCUT2D eigenvalue weighted by molar-refractivity contribution is 0.582. The van der Waals surface area contributed by atoms with E-state index in [0.29, 0.717) is 6.04 Å². The summed E-state index contributed by atoms with van der Waals surface area (Å²) >= 11 is 3.39. The second-order valence-corrected chi connectivity index (χ2v) is 5.34. The molecule has 3 nitrogen and oxygen atoms in total. The van der Waals surface area contributed by atoms with Gasteiger partial charge < -0.3 is 5.32 Å². The molecule has 1 atom stereocenters. The molecule has 0 aromatic carbocycles. The number of hydrogen-bond acceptors (Lipinski definition) is 5. The number of nitrogens with one attached hydrogen (secondary N) is 1. The van der Waals surface area contributed by atoms with Gasteiger partial charge in [-0.05, 0) is 14.0 Å². The summed E-state index contributed by atoms with van der Waals surface area (Å²) in [7, 11) is 1.97. The normalized spacial score (nSPS) is 12.9. The van der Waals surface area contributed by atoms with Crippen LogP contribution in [0.2, 0.25) is 0 Å². The number of thiazole rings is 2. The zero-order chi connectivity index (χ0) is 10.7. The Morgan fingerprint density at radius 3 is 2.87 bits per heavy atom. The molecule has 1 unspecified atom stereocenters. The zero-order valence-corrected chi connectivity index (χ0v) is 10.4. The van der Waals surface area contributed by atoms with Gasteiger partial charge in [0.1, 0.15) is 0 Å². The lowest BCUT2D eigenvalue weighted by Gasteiger charge is -2.11. The third kappa shape index (κ3) is 2.62. The molecule has 0 bridgehead atoms. The first-order valence-corrected chi connectivity index (χ1v) is 6.52. The molecular weight excluding hydrogens is 226 g/mol. The van der Waals surface area contributed by atoms with Crippen LogP contribution in [0.1, 0.15) is 21.6 Å². The van der Waals surface area contributed by atoms with Gasteiger partial charge in [0.05, 0.1) is 22.3 Å². The first-order valence-electron chi connectivity index (χ1n) is 4.76. The maximum absolute atomic E-state index is 4.50. The summed E-state index contributed by atoms with van der Waals surface area (Å²) in [6, 6.07) is 0.301. The minimum Gasteiger partial charge on any atom is -0.311 e. The standard InChI is InChI=1S/C10H13N3S2/c1-7-13-10(5-14-7)9(11-2)3-8-4-12-6-15-8/h4-6,9,11H,3H2,1-2H3. The summed E-state index contributed by atoms with van der Waals surface area (Å²) in [5, 5.41) is 6.54. The first-order chi connectivity index (χ1) is 7.29. The van der Waals surface area contributed by atoms with E-state index in [1.54, 1.807) is 22.7 Å². The van der Waals surface area contributed by atoms with Gasteiger partial charge in [0.25, 0.3) is 0 Å². The average molecular weight is 239 g/mol. The Balaban J connectivity index is 2.11. The fraction of sp³-hybridized carbons (Fsp3) is 0.400. The molecule has 2 aromatic heterocycles. The molecule has 2 aromatic rings. The molecular formula is C10H13N3S2. The van der Waals surface area contributed by atoms with Gasteiger partial charge in [-0.1, -0.05) is 0 Å². The SMILES string of the molecule is CNC(Cc1cncs1)c1csc(C)n1. The van der Waals surface area contributed by atoms with Gasteiger partial charge in [-0.15, -0.1) is 22.7 Å². The number of likely N-dealkylation sites (N-methyl/N-ethyl adjacent to an activating group) is 1. The number of hydrogen-bond donors (Lipinski definition) is 1. The molecule has 5 heteroatoms. The molecule has 0 radical (unpaired) electrons. The van der Waals surface area contributed by atoms with Gasteiger partial charge in [0, 0.05) is 22.9 Å². The topological polar surface area (TPSA) is 37.8 Å². The fourth-order valence-electron chi connectivity index (χ4n) is 1.44. The summed E-state index contributed by atoms with van der Waals surface area (Å²) in [5.41, 5.74) is 3.00. The van der Waals surface area contributed by atoms with E-state index in [2.05, 4.69) is 20.7 Å². The lowest BCUT2D eigenvalue weighted by atomic mass is 10.1. The monoisotopic (exact) mass is 239 g/mol. The molecule has 15 heavy (non-hydrogen) atoms. The molecule has 0 amide bonds. The third-order valence-corrected chi connectivity index (χ3v) is 3.82. The Hall–Kier alpha value is -0.780. The Morgan fingerprint density at radius 2 is 2.33 bits per heavy atom. The van der Waals surface area contributed by atoms with Crippen molar-refractivity contribution >= 4 is 22.7 Å². The summed E-state index contributed by atoms with van der Waals surface area (Å²) in [6.45, 7) is 2.04. The fourth-order valence-corrected chi connectivity index (χ4v) is 2.75. The van der Waals surface area contributed by atoms with E-state index in [-0.39, 0.29) is 0 Å². The molecule has 0 saturated carbocycles. The van der Waals surface area contributed by atoms with E-state index in [1.807, 2.05) is 25.7 Å². The second-order valence-electron chi connectivity index (χ2n) is 3.30. The number of aromatic nitrogens is 2. The zero-order valence-electron chi connectivity index (χ0n) is 8.73. The predicted octanol–water partition coefficient (Wildman–Crippen LogP) is 2.41. The Labute approximate surface area is 97.2 Å². The quantitative estimate of drug-likeness (QED) is 0.890. The van der Waals surface area contributed by atoms with Crippen molar-refractivity contribution in [1.82, 2.24) is 15.3 Å². The highest BCUT2D eigenvalue weighted by Gasteiger charge is 2.13. The van der Waals surface area contributed by atoms with E-state index in [0.717, 1.165) is 17.1 Å². The minimum atomic E-state index is 0.301. The van der Waals surface area contributed by atoms with Gasteiger partial charge in [-0.2, -0.15) is 0 Å². The van der Waals surface area contributed by atoms with Gasteiger partial charge >= 0.3 is 0 Å². The van der Waals surface area contributed by atoms with Crippen LogP contribution >= 0.6 is 22.7 Å². The van der Waals surface area contributed by atoms with Crippen molar-refractivity contribution < 1.29 is 0 Å². The van der Waals surface area contributed by atoms with Crippen molar-refractivity contribution in [3.63, 3.8) is 0 Å². The summed E-state index contributed by atoms with van der Waals surface area (Å²) < 4.78 is 0. The smallest absolute Gasteiger partial charge is 0.0898 e. The van der Waals surface area contributed by atoms with Crippen LogP contribution in [0.5, 0.6) is 0 Å². The van der Waals surface area contributed by atoms with Crippen molar-refractivity contribution in [2.75, 3.05) is 7.05 Å². The van der Waals surface area contributed by atoms with E-state index in [4.69, 9.17) is 0 Å². The molecule has 0 aliphatic heterocycles. The van der Waals surface area contributed by atoms with Crippen LogP contribution in [0.3, 0.4) is 0 Å². The molecule has 0 spiro atoms. The second kappa shape index (κ2) is 4.83. The van der Waals surface area contributed by atoms with E-state index in [9.17, 15) is 0 Å². The van der Waals surface area contributed by atoms with Crippen molar-refractivity contribution in [2.24, 2.45) is 0 Å². The molecule has 0 aliphatic rings. The molecule has 2 rings (SSSR count). The number of nitrogens with zero attached hydrogens (tertiary/aromatic N) is 2. The first kappa shape index (κ1) is 10.7. The van der Waals surface area contributed by atoms with Crippen molar-refractivity contribution in [2.45, 2.75) is 19.4 Å². The van der Waals surface area contributed by atoms with Gasteiger partial charge in [-0.25, -0.2) is 4.98 Å². The van der Waals surface area contributed by atoms with Gasteiger partial charge in [0.15, 0.2) is 0 Å². The lowest BCUT2D eigenvalue weighted by Crippen LogP contribution is -2.18. The van der Waals surface area contributed by atoms with Crippen LogP contribution in [0, 0.1) is 6.92 Å². The Morgan fingerprint density at radius 1 is 1.47 bits per heavy atom. The summed E-state index contributed by atoms with van der Waals surface area (Å²) in [4.78, 5) is 9.88. The van der Waals surface area contributed by atoms with Crippen molar-refractivity contribution in [1.29, 1.82) is 0 Å². The maximum atomic E-state index is 4.50. The molecule has 2 heterocycles.